The van der Waals surface area contributed by atoms with Crippen LogP contribution in [0.3, 0.4) is 0 Å². The number of unbranched alkanes of at least 4 members (excludes halogenated alkanes) is 4. The molecule has 4 N–H and O–H groups in total. The van der Waals surface area contributed by atoms with Gasteiger partial charge in [-0.15, -0.1) is 0 Å². The largest absolute Gasteiger partial charge is 0.355 e. The molecular weight excluding hydrogens is 536 g/mol. The van der Waals surface area contributed by atoms with Gasteiger partial charge in [-0.3, -0.25) is 0 Å². The van der Waals surface area contributed by atoms with Crippen LogP contribution in [0.4, 0.5) is 0 Å². The summed E-state index contributed by atoms with van der Waals surface area (Å²) >= 11 is 0. The van der Waals surface area contributed by atoms with E-state index in [4.69, 9.17) is 0 Å². The topological polar surface area (TPSA) is 63.2 Å². The number of rotatable bonds is 12. The SMILES string of the molecule is CCCCc1c2[nH]c(c1C)C=c1[nH]c(c(CCCC)c1C)=Cc1[nH]c(c(C)c1CCCC)C=c1[nH]c(c(CCCC)c1C)=C2. The van der Waals surface area contributed by atoms with Gasteiger partial charge in [0, 0.05) is 44.2 Å². The van der Waals surface area contributed by atoms with Crippen molar-refractivity contribution in [1.82, 2.24) is 19.9 Å². The molecule has 5 rings (SSSR count). The molecule has 1 aliphatic rings. The van der Waals surface area contributed by atoms with Crippen LogP contribution < -0.4 is 21.4 Å². The molecule has 0 spiro atoms. The fraction of sp³-hybridized carbons (Fsp3) is 0.500. The van der Waals surface area contributed by atoms with Gasteiger partial charge in [0.2, 0.25) is 0 Å². The van der Waals surface area contributed by atoms with Crippen LogP contribution in [0.25, 0.3) is 24.3 Å². The van der Waals surface area contributed by atoms with Crippen LogP contribution in [-0.4, -0.2) is 19.9 Å². The van der Waals surface area contributed by atoms with Crippen molar-refractivity contribution < 1.29 is 0 Å². The molecule has 4 nitrogen and oxygen atoms in total. The van der Waals surface area contributed by atoms with Gasteiger partial charge in [0.1, 0.15) is 0 Å². The summed E-state index contributed by atoms with van der Waals surface area (Å²) in [4.78, 5) is 15.6. The Balaban J connectivity index is 1.89. The first kappa shape index (κ1) is 32.0. The molecule has 0 atom stereocenters. The smallest absolute Gasteiger partial charge is 0.0441 e. The van der Waals surface area contributed by atoms with Crippen molar-refractivity contribution in [3.05, 3.63) is 88.7 Å². The summed E-state index contributed by atoms with van der Waals surface area (Å²) < 4.78 is 0. The van der Waals surface area contributed by atoms with Crippen molar-refractivity contribution in [2.24, 2.45) is 0 Å². The van der Waals surface area contributed by atoms with E-state index in [1.54, 1.807) is 0 Å². The highest BCUT2D eigenvalue weighted by Gasteiger charge is 2.17. The van der Waals surface area contributed by atoms with Crippen molar-refractivity contribution in [3.63, 3.8) is 0 Å². The molecule has 4 aromatic heterocycles. The molecule has 5 heterocycles. The van der Waals surface area contributed by atoms with Crippen LogP contribution >= 0.6 is 0 Å². The highest BCUT2D eigenvalue weighted by Crippen LogP contribution is 2.24. The van der Waals surface area contributed by atoms with E-state index in [9.17, 15) is 0 Å². The first-order valence-electron chi connectivity index (χ1n) is 17.6. The number of H-pyrrole nitrogens is 4. The van der Waals surface area contributed by atoms with Gasteiger partial charge in [-0.2, -0.15) is 0 Å². The first-order valence-corrected chi connectivity index (χ1v) is 17.6. The molecule has 0 radical (unpaired) electrons. The Hall–Kier alpha value is -3.40. The molecular formula is C40H56N4. The van der Waals surface area contributed by atoms with Gasteiger partial charge in [0.15, 0.2) is 0 Å². The maximum atomic E-state index is 3.90. The Labute approximate surface area is 264 Å². The quantitative estimate of drug-likeness (QED) is 0.118. The molecule has 236 valence electrons. The third-order valence-electron chi connectivity index (χ3n) is 10.1. The van der Waals surface area contributed by atoms with E-state index >= 15 is 0 Å². The Kier molecular flexibility index (Phi) is 10.3. The van der Waals surface area contributed by atoms with E-state index in [1.807, 2.05) is 0 Å². The number of aromatic nitrogens is 4. The van der Waals surface area contributed by atoms with Crippen LogP contribution in [0.2, 0.25) is 0 Å². The van der Waals surface area contributed by atoms with E-state index in [2.05, 4.69) is 99.6 Å². The summed E-state index contributed by atoms with van der Waals surface area (Å²) in [6, 6.07) is 0. The third kappa shape index (κ3) is 6.36. The number of hydrogen-bond acceptors (Lipinski definition) is 0. The number of aromatic amines is 4. The highest BCUT2D eigenvalue weighted by atomic mass is 14.8. The predicted octanol–water partition coefficient (Wildman–Crippen LogP) is 7.23. The van der Waals surface area contributed by atoms with E-state index in [0.29, 0.717) is 0 Å². The van der Waals surface area contributed by atoms with Gasteiger partial charge in [-0.25, -0.2) is 0 Å². The fourth-order valence-corrected chi connectivity index (χ4v) is 7.07. The van der Waals surface area contributed by atoms with Crippen LogP contribution in [0.5, 0.6) is 0 Å². The van der Waals surface area contributed by atoms with E-state index in [0.717, 1.165) is 25.7 Å². The van der Waals surface area contributed by atoms with Gasteiger partial charge >= 0.3 is 0 Å². The molecule has 0 unspecified atom stereocenters. The second-order valence-electron chi connectivity index (χ2n) is 13.2. The molecule has 0 fully saturated rings. The maximum Gasteiger partial charge on any atom is 0.0441 e. The molecule has 8 bridgehead atoms. The summed E-state index contributed by atoms with van der Waals surface area (Å²) in [5.41, 5.74) is 16.3. The van der Waals surface area contributed by atoms with Crippen molar-refractivity contribution in [3.8, 4) is 0 Å². The normalized spacial score (nSPS) is 12.5. The van der Waals surface area contributed by atoms with Gasteiger partial charge < -0.3 is 19.9 Å². The second-order valence-corrected chi connectivity index (χ2v) is 13.2. The van der Waals surface area contributed by atoms with Gasteiger partial charge in [0.05, 0.1) is 0 Å². The van der Waals surface area contributed by atoms with Gasteiger partial charge in [-0.05, 0) is 148 Å². The van der Waals surface area contributed by atoms with Gasteiger partial charge in [0.25, 0.3) is 0 Å². The minimum atomic E-state index is 1.09. The molecule has 0 amide bonds. The van der Waals surface area contributed by atoms with E-state index in [-0.39, 0.29) is 0 Å². The minimum Gasteiger partial charge on any atom is -0.355 e. The Morgan fingerprint density at radius 1 is 0.364 bits per heavy atom. The number of hydrogen-bond donors (Lipinski definition) is 4. The van der Waals surface area contributed by atoms with Crippen LogP contribution in [0.1, 0.15) is 146 Å². The first-order chi connectivity index (χ1) is 21.3. The molecule has 0 aliphatic carbocycles. The Morgan fingerprint density at radius 3 is 1.02 bits per heavy atom. The lowest BCUT2D eigenvalue weighted by atomic mass is 10.0. The average molecular weight is 593 g/mol. The fourth-order valence-electron chi connectivity index (χ4n) is 7.07. The average Bonchev–Trinajstić information content (AvgIpc) is 3.66. The summed E-state index contributed by atoms with van der Waals surface area (Å²) in [6.07, 6.45) is 23.5. The molecule has 44 heavy (non-hydrogen) atoms. The van der Waals surface area contributed by atoms with Crippen LogP contribution in [0.15, 0.2) is 0 Å². The Morgan fingerprint density at radius 2 is 0.682 bits per heavy atom. The minimum absolute atomic E-state index is 1.09. The van der Waals surface area contributed by atoms with Crippen molar-refractivity contribution in [1.29, 1.82) is 0 Å². The molecule has 4 aromatic rings. The summed E-state index contributed by atoms with van der Waals surface area (Å²) in [5, 5.41) is 4.95. The van der Waals surface area contributed by atoms with E-state index < -0.39 is 0 Å². The number of fused-ring (bicyclic) bond motifs is 8. The summed E-state index contributed by atoms with van der Waals surface area (Å²) in [5.74, 6) is 0. The highest BCUT2D eigenvalue weighted by molar-refractivity contribution is 5.65. The second kappa shape index (κ2) is 14.1. The lowest BCUT2D eigenvalue weighted by Gasteiger charge is -2.02. The van der Waals surface area contributed by atoms with Crippen molar-refractivity contribution >= 4 is 24.3 Å². The Bertz CT molecular complexity index is 1710. The van der Waals surface area contributed by atoms with Crippen LogP contribution in [0, 0.1) is 27.7 Å². The van der Waals surface area contributed by atoms with Crippen LogP contribution in [-0.2, 0) is 25.7 Å². The number of nitrogens with one attached hydrogen (secondary N) is 4. The van der Waals surface area contributed by atoms with Crippen molar-refractivity contribution in [2.45, 2.75) is 132 Å². The summed E-state index contributed by atoms with van der Waals surface area (Å²) in [7, 11) is 0. The lowest BCUT2D eigenvalue weighted by molar-refractivity contribution is 0.788. The molecule has 1 aliphatic heterocycles. The van der Waals surface area contributed by atoms with Crippen molar-refractivity contribution in [2.75, 3.05) is 0 Å². The zero-order valence-corrected chi connectivity index (χ0v) is 28.8. The molecule has 0 aromatic carbocycles. The standard InChI is InChI=1S/C40H56N4/c1-9-13-17-29-25(5)33-21-34-27(7)31(19-15-11-3)39(43-34)24-40-32(20-16-12-4)28(8)36(44-40)22-35-26(6)30(18-14-10-2)38(42-35)23-37(29)41-33/h21-24,41-44H,9-20H2,1-8H3. The zero-order chi connectivity index (χ0) is 31.4. The van der Waals surface area contributed by atoms with E-state index in [1.165, 1.54) is 140 Å². The predicted molar refractivity (Wildman–Crippen MR) is 189 cm³/mol. The lowest BCUT2D eigenvalue weighted by Crippen LogP contribution is -2.13. The van der Waals surface area contributed by atoms with Gasteiger partial charge in [-0.1, -0.05) is 53.4 Å². The zero-order valence-electron chi connectivity index (χ0n) is 28.8. The monoisotopic (exact) mass is 592 g/mol. The molecule has 0 saturated carbocycles. The third-order valence-corrected chi connectivity index (χ3v) is 10.1. The summed E-state index contributed by atoms with van der Waals surface area (Å²) in [6.45, 7) is 18.4. The molecule has 0 saturated heterocycles. The maximum absolute atomic E-state index is 3.90. The molecule has 4 heteroatoms.